The molecule has 6 heteroatoms. The van der Waals surface area contributed by atoms with Crippen LogP contribution < -0.4 is 10.6 Å². The molecule has 86 valence electrons. The summed E-state index contributed by atoms with van der Waals surface area (Å²) in [5, 5.41) is 13.8. The average molecular weight is 216 g/mol. The van der Waals surface area contributed by atoms with Crippen molar-refractivity contribution in [1.29, 1.82) is 0 Å². The Morgan fingerprint density at radius 1 is 1.53 bits per heavy atom. The number of hydrogen-bond acceptors (Lipinski definition) is 3. The second-order valence-electron chi connectivity index (χ2n) is 3.54. The van der Waals surface area contributed by atoms with Crippen LogP contribution in [0.4, 0.5) is 4.79 Å². The van der Waals surface area contributed by atoms with Gasteiger partial charge in [0, 0.05) is 13.2 Å². The first-order valence-corrected chi connectivity index (χ1v) is 4.93. The van der Waals surface area contributed by atoms with E-state index in [4.69, 9.17) is 5.11 Å². The summed E-state index contributed by atoms with van der Waals surface area (Å²) in [6.07, 6.45) is 2.15. The highest BCUT2D eigenvalue weighted by Gasteiger charge is 2.21. The smallest absolute Gasteiger partial charge is 0.334 e. The lowest BCUT2D eigenvalue weighted by molar-refractivity contribution is -0.147. The largest absolute Gasteiger partial charge is 0.479 e. The van der Waals surface area contributed by atoms with Gasteiger partial charge in [0.25, 0.3) is 0 Å². The minimum Gasteiger partial charge on any atom is -0.479 e. The zero-order valence-corrected chi connectivity index (χ0v) is 8.66. The summed E-state index contributed by atoms with van der Waals surface area (Å²) < 4.78 is 4.67. The number of urea groups is 1. The van der Waals surface area contributed by atoms with Crippen molar-refractivity contribution in [2.24, 2.45) is 0 Å². The number of carboxylic acids is 1. The lowest BCUT2D eigenvalue weighted by Crippen LogP contribution is -2.48. The van der Waals surface area contributed by atoms with Gasteiger partial charge < -0.3 is 20.5 Å². The van der Waals surface area contributed by atoms with Gasteiger partial charge in [-0.3, -0.25) is 0 Å². The molecule has 6 nitrogen and oxygen atoms in total. The summed E-state index contributed by atoms with van der Waals surface area (Å²) in [6, 6.07) is -0.0844. The van der Waals surface area contributed by atoms with Gasteiger partial charge in [0.15, 0.2) is 6.10 Å². The Balaban J connectivity index is 2.16. The zero-order chi connectivity index (χ0) is 11.3. The highest BCUT2D eigenvalue weighted by molar-refractivity contribution is 5.77. The predicted octanol–water partition coefficient (Wildman–Crippen LogP) is -0.0623. The minimum absolute atomic E-state index is 0.0234. The maximum absolute atomic E-state index is 11.2. The Morgan fingerprint density at radius 3 is 2.60 bits per heavy atom. The maximum atomic E-state index is 11.2. The summed E-state index contributed by atoms with van der Waals surface area (Å²) in [4.78, 5) is 21.8. The number of rotatable bonds is 5. The fourth-order valence-corrected chi connectivity index (χ4v) is 1.25. The molecule has 0 aromatic heterocycles. The van der Waals surface area contributed by atoms with Crippen LogP contribution in [0.25, 0.3) is 0 Å². The Bertz CT molecular complexity index is 240. The summed E-state index contributed by atoms with van der Waals surface area (Å²) in [5.74, 6) is -1.08. The van der Waals surface area contributed by atoms with Crippen molar-refractivity contribution >= 4 is 12.0 Å². The lowest BCUT2D eigenvalue weighted by atomic mass is 9.93. The second kappa shape index (κ2) is 5.55. The van der Waals surface area contributed by atoms with E-state index >= 15 is 0 Å². The molecule has 3 N–H and O–H groups in total. The normalized spacial score (nSPS) is 17.7. The second-order valence-corrected chi connectivity index (χ2v) is 3.54. The van der Waals surface area contributed by atoms with Gasteiger partial charge in [0.1, 0.15) is 0 Å². The molecule has 0 saturated heterocycles. The number of amides is 2. The van der Waals surface area contributed by atoms with Crippen LogP contribution >= 0.6 is 0 Å². The van der Waals surface area contributed by atoms with E-state index in [0.29, 0.717) is 0 Å². The zero-order valence-electron chi connectivity index (χ0n) is 8.66. The van der Waals surface area contributed by atoms with E-state index in [1.54, 1.807) is 0 Å². The molecule has 0 radical (unpaired) electrons. The van der Waals surface area contributed by atoms with Gasteiger partial charge in [-0.25, -0.2) is 9.59 Å². The summed E-state index contributed by atoms with van der Waals surface area (Å²) in [6.45, 7) is -0.0234. The van der Waals surface area contributed by atoms with Gasteiger partial charge >= 0.3 is 12.0 Å². The van der Waals surface area contributed by atoms with Gasteiger partial charge in [-0.15, -0.1) is 0 Å². The quantitative estimate of drug-likeness (QED) is 0.600. The van der Waals surface area contributed by atoms with Gasteiger partial charge in [0.05, 0.1) is 6.54 Å². The molecule has 15 heavy (non-hydrogen) atoms. The summed E-state index contributed by atoms with van der Waals surface area (Å²) >= 11 is 0. The molecule has 0 spiro atoms. The standard InChI is InChI=1S/C9H16N2O4/c1-15-7(8(12)13)5-10-9(14)11-6-3-2-4-6/h6-7H,2-5H2,1H3,(H,12,13)(H2,10,11,14). The van der Waals surface area contributed by atoms with Crippen LogP contribution in [0, 0.1) is 0 Å². The molecular weight excluding hydrogens is 200 g/mol. The first-order chi connectivity index (χ1) is 7.13. The van der Waals surface area contributed by atoms with Crippen molar-refractivity contribution in [3.63, 3.8) is 0 Å². The molecule has 0 aromatic carbocycles. The Labute approximate surface area is 88.0 Å². The first kappa shape index (κ1) is 11.8. The van der Waals surface area contributed by atoms with Crippen molar-refractivity contribution in [1.82, 2.24) is 10.6 Å². The molecule has 0 aromatic rings. The number of hydrogen-bond donors (Lipinski definition) is 3. The van der Waals surface area contributed by atoms with Gasteiger partial charge in [-0.2, -0.15) is 0 Å². The van der Waals surface area contributed by atoms with Crippen LogP contribution in [0.1, 0.15) is 19.3 Å². The number of methoxy groups -OCH3 is 1. The molecule has 0 aliphatic heterocycles. The van der Waals surface area contributed by atoms with Crippen LogP contribution in [0.5, 0.6) is 0 Å². The number of nitrogens with one attached hydrogen (secondary N) is 2. The van der Waals surface area contributed by atoms with E-state index < -0.39 is 12.1 Å². The summed E-state index contributed by atoms with van der Waals surface area (Å²) in [5.41, 5.74) is 0. The molecule has 1 aliphatic carbocycles. The molecule has 1 unspecified atom stereocenters. The van der Waals surface area contributed by atoms with Crippen molar-refractivity contribution in [3.8, 4) is 0 Å². The first-order valence-electron chi connectivity index (χ1n) is 4.93. The SMILES string of the molecule is COC(CNC(=O)NC1CCC1)C(=O)O. The van der Waals surface area contributed by atoms with Crippen molar-refractivity contribution < 1.29 is 19.4 Å². The van der Waals surface area contributed by atoms with Crippen molar-refractivity contribution in [2.45, 2.75) is 31.4 Å². The third-order valence-electron chi connectivity index (χ3n) is 2.45. The number of aliphatic carboxylic acids is 1. The Morgan fingerprint density at radius 2 is 2.20 bits per heavy atom. The third-order valence-corrected chi connectivity index (χ3v) is 2.45. The average Bonchev–Trinajstić information content (AvgIpc) is 2.12. The molecule has 0 heterocycles. The van der Waals surface area contributed by atoms with Crippen LogP contribution in [-0.4, -0.2) is 42.9 Å². The van der Waals surface area contributed by atoms with Crippen LogP contribution in [0.2, 0.25) is 0 Å². The number of carboxylic acid groups (broad SMARTS) is 1. The predicted molar refractivity (Wildman–Crippen MR) is 52.6 cm³/mol. The monoisotopic (exact) mass is 216 g/mol. The molecule has 1 rings (SSSR count). The molecular formula is C9H16N2O4. The fraction of sp³-hybridized carbons (Fsp3) is 0.778. The molecule has 1 aliphatic rings. The molecule has 0 bridgehead atoms. The molecule has 1 saturated carbocycles. The lowest BCUT2D eigenvalue weighted by Gasteiger charge is -2.26. The van der Waals surface area contributed by atoms with Crippen LogP contribution in [0.3, 0.4) is 0 Å². The number of carbonyl (C=O) groups is 2. The van der Waals surface area contributed by atoms with E-state index in [2.05, 4.69) is 15.4 Å². The van der Waals surface area contributed by atoms with Crippen molar-refractivity contribution in [2.75, 3.05) is 13.7 Å². The van der Waals surface area contributed by atoms with Gasteiger partial charge in [0.2, 0.25) is 0 Å². The van der Waals surface area contributed by atoms with E-state index in [9.17, 15) is 9.59 Å². The van der Waals surface area contributed by atoms with E-state index in [0.717, 1.165) is 19.3 Å². The maximum Gasteiger partial charge on any atom is 0.334 e. The molecule has 1 fully saturated rings. The van der Waals surface area contributed by atoms with Gasteiger partial charge in [-0.1, -0.05) is 0 Å². The Hall–Kier alpha value is -1.30. The Kier molecular flexibility index (Phi) is 4.36. The molecule has 2 amide bonds. The van der Waals surface area contributed by atoms with Gasteiger partial charge in [-0.05, 0) is 19.3 Å². The number of carbonyl (C=O) groups excluding carboxylic acids is 1. The van der Waals surface area contributed by atoms with E-state index in [1.165, 1.54) is 7.11 Å². The fourth-order valence-electron chi connectivity index (χ4n) is 1.25. The van der Waals surface area contributed by atoms with Crippen LogP contribution in [0.15, 0.2) is 0 Å². The number of ether oxygens (including phenoxy) is 1. The van der Waals surface area contributed by atoms with Crippen LogP contribution in [-0.2, 0) is 9.53 Å². The highest BCUT2D eigenvalue weighted by Crippen LogP contribution is 2.17. The topological polar surface area (TPSA) is 87.7 Å². The summed E-state index contributed by atoms with van der Waals surface area (Å²) in [7, 11) is 1.30. The third kappa shape index (κ3) is 3.75. The minimum atomic E-state index is -1.08. The van der Waals surface area contributed by atoms with E-state index in [1.807, 2.05) is 0 Å². The van der Waals surface area contributed by atoms with Crippen molar-refractivity contribution in [3.05, 3.63) is 0 Å². The highest BCUT2D eigenvalue weighted by atomic mass is 16.5. The van der Waals surface area contributed by atoms with E-state index in [-0.39, 0.29) is 18.6 Å². The molecule has 1 atom stereocenters.